The second kappa shape index (κ2) is 7.77. The van der Waals surface area contributed by atoms with E-state index >= 15 is 0 Å². The standard InChI is InChI=1S/C23H24N2O6/c1-28-18-5-3-14(7-20(18)29-2)9-24-11-16-17(12-24)23(27)25(22(16)26)10-15-4-6-19-21(8-15)31-13-30-19/h3-8,16-17H,9-13H2,1-2H3/t16-,17+. The molecule has 0 unspecified atom stereocenters. The number of carbonyl (C=O) groups excluding carboxylic acids is 2. The van der Waals surface area contributed by atoms with Gasteiger partial charge in [0.15, 0.2) is 23.0 Å². The smallest absolute Gasteiger partial charge is 0.234 e. The second-order valence-electron chi connectivity index (χ2n) is 8.05. The van der Waals surface area contributed by atoms with Crippen LogP contribution in [-0.2, 0) is 22.7 Å². The van der Waals surface area contributed by atoms with Gasteiger partial charge in [0.05, 0.1) is 32.6 Å². The third-order valence-electron chi connectivity index (χ3n) is 6.19. The summed E-state index contributed by atoms with van der Waals surface area (Å²) in [6, 6.07) is 11.3. The maximum atomic E-state index is 13.0. The molecule has 162 valence electrons. The molecule has 0 N–H and O–H groups in total. The van der Waals surface area contributed by atoms with E-state index in [1.165, 1.54) is 4.90 Å². The Bertz CT molecular complexity index is 1010. The van der Waals surface area contributed by atoms with Gasteiger partial charge >= 0.3 is 0 Å². The van der Waals surface area contributed by atoms with Gasteiger partial charge in [-0.05, 0) is 35.4 Å². The number of benzene rings is 2. The van der Waals surface area contributed by atoms with Crippen LogP contribution >= 0.6 is 0 Å². The van der Waals surface area contributed by atoms with Crippen molar-refractivity contribution in [2.45, 2.75) is 13.1 Å². The highest BCUT2D eigenvalue weighted by Crippen LogP contribution is 2.37. The Hall–Kier alpha value is -3.26. The molecule has 0 aromatic heterocycles. The van der Waals surface area contributed by atoms with Crippen molar-refractivity contribution < 1.29 is 28.5 Å². The zero-order chi connectivity index (χ0) is 21.5. The van der Waals surface area contributed by atoms with Crippen molar-refractivity contribution in [2.75, 3.05) is 34.1 Å². The number of methoxy groups -OCH3 is 2. The molecule has 5 rings (SSSR count). The average Bonchev–Trinajstić information content (AvgIpc) is 3.47. The van der Waals surface area contributed by atoms with E-state index in [1.807, 2.05) is 36.4 Å². The van der Waals surface area contributed by atoms with Gasteiger partial charge in [-0.1, -0.05) is 12.1 Å². The summed E-state index contributed by atoms with van der Waals surface area (Å²) in [7, 11) is 3.21. The number of hydrogen-bond donors (Lipinski definition) is 0. The number of amides is 2. The van der Waals surface area contributed by atoms with E-state index in [0.717, 1.165) is 11.1 Å². The highest BCUT2D eigenvalue weighted by atomic mass is 16.7. The summed E-state index contributed by atoms with van der Waals surface area (Å²) >= 11 is 0. The van der Waals surface area contributed by atoms with Crippen LogP contribution in [0.25, 0.3) is 0 Å². The molecule has 3 heterocycles. The van der Waals surface area contributed by atoms with Crippen LogP contribution in [0.4, 0.5) is 0 Å². The highest BCUT2D eigenvalue weighted by Gasteiger charge is 2.52. The lowest BCUT2D eigenvalue weighted by Gasteiger charge is -2.21. The molecule has 8 nitrogen and oxygen atoms in total. The molecule has 0 aliphatic carbocycles. The number of fused-ring (bicyclic) bond motifs is 2. The number of likely N-dealkylation sites (tertiary alicyclic amines) is 2. The van der Waals surface area contributed by atoms with Crippen molar-refractivity contribution in [3.8, 4) is 23.0 Å². The van der Waals surface area contributed by atoms with Gasteiger partial charge in [0.1, 0.15) is 0 Å². The van der Waals surface area contributed by atoms with Crippen molar-refractivity contribution in [1.82, 2.24) is 9.80 Å². The van der Waals surface area contributed by atoms with Gasteiger partial charge in [0, 0.05) is 19.6 Å². The molecular weight excluding hydrogens is 400 g/mol. The molecule has 8 heteroatoms. The number of ether oxygens (including phenoxy) is 4. The predicted molar refractivity (Wildman–Crippen MR) is 110 cm³/mol. The average molecular weight is 424 g/mol. The molecule has 2 aromatic carbocycles. The fourth-order valence-electron chi connectivity index (χ4n) is 4.64. The molecule has 2 aromatic rings. The first-order chi connectivity index (χ1) is 15.1. The Morgan fingerprint density at radius 2 is 1.48 bits per heavy atom. The maximum Gasteiger partial charge on any atom is 0.234 e. The first-order valence-corrected chi connectivity index (χ1v) is 10.2. The zero-order valence-electron chi connectivity index (χ0n) is 17.5. The SMILES string of the molecule is COc1ccc(CN2C[C@@H]3C(=O)N(Cc4ccc5c(c4)OCO5)C(=O)[C@@H]3C2)cc1OC. The summed E-state index contributed by atoms with van der Waals surface area (Å²) in [6.45, 7) is 2.25. The molecule has 2 fully saturated rings. The van der Waals surface area contributed by atoms with E-state index < -0.39 is 0 Å². The molecule has 2 saturated heterocycles. The first-order valence-electron chi connectivity index (χ1n) is 10.2. The Kier molecular flexibility index (Phi) is 4.94. The van der Waals surface area contributed by atoms with Crippen molar-refractivity contribution in [3.63, 3.8) is 0 Å². The normalized spacial score (nSPS) is 22.2. The Morgan fingerprint density at radius 3 is 2.19 bits per heavy atom. The van der Waals surface area contributed by atoms with Gasteiger partial charge < -0.3 is 18.9 Å². The topological polar surface area (TPSA) is 77.5 Å². The quantitative estimate of drug-likeness (QED) is 0.657. The lowest BCUT2D eigenvalue weighted by Crippen LogP contribution is -2.35. The molecule has 0 bridgehead atoms. The zero-order valence-corrected chi connectivity index (χ0v) is 17.5. The fraction of sp³-hybridized carbons (Fsp3) is 0.391. The van der Waals surface area contributed by atoms with E-state index in [9.17, 15) is 9.59 Å². The van der Waals surface area contributed by atoms with Gasteiger partial charge in [-0.2, -0.15) is 0 Å². The van der Waals surface area contributed by atoms with Crippen LogP contribution in [0.1, 0.15) is 11.1 Å². The predicted octanol–water partition coefficient (Wildman–Crippen LogP) is 2.05. The molecule has 0 saturated carbocycles. The number of carbonyl (C=O) groups is 2. The van der Waals surface area contributed by atoms with Crippen LogP contribution in [0.5, 0.6) is 23.0 Å². The Morgan fingerprint density at radius 1 is 0.839 bits per heavy atom. The molecule has 31 heavy (non-hydrogen) atoms. The minimum Gasteiger partial charge on any atom is -0.493 e. The summed E-state index contributed by atoms with van der Waals surface area (Å²) < 4.78 is 21.4. The summed E-state index contributed by atoms with van der Waals surface area (Å²) in [4.78, 5) is 29.6. The van der Waals surface area contributed by atoms with Gasteiger partial charge in [0.2, 0.25) is 18.6 Å². The molecule has 2 atom stereocenters. The highest BCUT2D eigenvalue weighted by molar-refractivity contribution is 6.05. The van der Waals surface area contributed by atoms with E-state index in [0.29, 0.717) is 42.6 Å². The molecule has 0 radical (unpaired) electrons. The number of hydrogen-bond acceptors (Lipinski definition) is 7. The summed E-state index contributed by atoms with van der Waals surface area (Å²) in [5, 5.41) is 0. The van der Waals surface area contributed by atoms with E-state index in [4.69, 9.17) is 18.9 Å². The minimum absolute atomic E-state index is 0.0949. The van der Waals surface area contributed by atoms with Crippen LogP contribution in [0.2, 0.25) is 0 Å². The molecule has 3 aliphatic rings. The van der Waals surface area contributed by atoms with Gasteiger partial charge in [-0.3, -0.25) is 19.4 Å². The van der Waals surface area contributed by atoms with Crippen molar-refractivity contribution in [3.05, 3.63) is 47.5 Å². The molecule has 3 aliphatic heterocycles. The van der Waals surface area contributed by atoms with E-state index in [2.05, 4.69) is 4.90 Å². The van der Waals surface area contributed by atoms with Gasteiger partial charge in [-0.15, -0.1) is 0 Å². The number of rotatable bonds is 6. The second-order valence-corrected chi connectivity index (χ2v) is 8.05. The van der Waals surface area contributed by atoms with E-state index in [-0.39, 0.29) is 37.0 Å². The van der Waals surface area contributed by atoms with Crippen LogP contribution in [0.15, 0.2) is 36.4 Å². The van der Waals surface area contributed by atoms with Crippen LogP contribution < -0.4 is 18.9 Å². The van der Waals surface area contributed by atoms with Crippen LogP contribution in [0.3, 0.4) is 0 Å². The van der Waals surface area contributed by atoms with Crippen molar-refractivity contribution in [2.24, 2.45) is 11.8 Å². The van der Waals surface area contributed by atoms with Gasteiger partial charge in [-0.25, -0.2) is 0 Å². The summed E-state index contributed by atoms with van der Waals surface area (Å²) in [5.41, 5.74) is 1.91. The van der Waals surface area contributed by atoms with E-state index in [1.54, 1.807) is 14.2 Å². The fourth-order valence-corrected chi connectivity index (χ4v) is 4.64. The third kappa shape index (κ3) is 3.46. The van der Waals surface area contributed by atoms with Gasteiger partial charge in [0.25, 0.3) is 0 Å². The van der Waals surface area contributed by atoms with Crippen molar-refractivity contribution in [1.29, 1.82) is 0 Å². The summed E-state index contributed by atoms with van der Waals surface area (Å²) in [5.74, 6) is 1.91. The first kappa shape index (κ1) is 19.7. The third-order valence-corrected chi connectivity index (χ3v) is 6.19. The van der Waals surface area contributed by atoms with Crippen molar-refractivity contribution >= 4 is 11.8 Å². The largest absolute Gasteiger partial charge is 0.493 e. The maximum absolute atomic E-state index is 13.0. The lowest BCUT2D eigenvalue weighted by atomic mass is 10.00. The molecular formula is C23H24N2O6. The summed E-state index contributed by atoms with van der Waals surface area (Å²) in [6.07, 6.45) is 0. The number of nitrogens with zero attached hydrogens (tertiary/aromatic N) is 2. The van der Waals surface area contributed by atoms with Crippen LogP contribution in [0, 0.1) is 11.8 Å². The lowest BCUT2D eigenvalue weighted by molar-refractivity contribution is -0.141. The monoisotopic (exact) mass is 424 g/mol. The molecule has 2 amide bonds. The Balaban J connectivity index is 1.25. The Labute approximate surface area is 180 Å². The van der Waals surface area contributed by atoms with Crippen LogP contribution in [-0.4, -0.2) is 55.7 Å². The minimum atomic E-state index is -0.290. The molecule has 0 spiro atoms. The number of imide groups is 1.